The van der Waals surface area contributed by atoms with Gasteiger partial charge in [0.05, 0.1) is 29.5 Å². The minimum Gasteiger partial charge on any atom is -0.468 e. The molecule has 0 radical (unpaired) electrons. The molecule has 114 valence electrons. The Morgan fingerprint density at radius 2 is 2.10 bits per heavy atom. The molecule has 5 nitrogen and oxygen atoms in total. The molecule has 0 aliphatic carbocycles. The van der Waals surface area contributed by atoms with Crippen molar-refractivity contribution in [2.75, 3.05) is 13.7 Å². The molecular formula is C14H24BrN3O2. The maximum Gasteiger partial charge on any atom is 0.319 e. The van der Waals surface area contributed by atoms with E-state index in [9.17, 15) is 4.79 Å². The largest absolute Gasteiger partial charge is 0.468 e. The first-order chi connectivity index (χ1) is 9.44. The zero-order chi connectivity index (χ0) is 15.3. The highest BCUT2D eigenvalue weighted by atomic mass is 79.9. The lowest BCUT2D eigenvalue weighted by Crippen LogP contribution is -2.36. The average Bonchev–Trinajstić information content (AvgIpc) is 2.73. The summed E-state index contributed by atoms with van der Waals surface area (Å²) < 4.78 is 7.82. The summed E-state index contributed by atoms with van der Waals surface area (Å²) in [7, 11) is 1.42. The quantitative estimate of drug-likeness (QED) is 0.712. The number of ether oxygens (including phenoxy) is 1. The first-order valence-electron chi connectivity index (χ1n) is 6.99. The number of carbonyl (C=O) groups is 1. The molecule has 0 bridgehead atoms. The van der Waals surface area contributed by atoms with E-state index in [0.29, 0.717) is 6.54 Å². The fourth-order valence-electron chi connectivity index (χ4n) is 2.01. The van der Waals surface area contributed by atoms with Crippen molar-refractivity contribution in [3.8, 4) is 0 Å². The maximum absolute atomic E-state index is 11.5. The van der Waals surface area contributed by atoms with E-state index in [1.54, 1.807) is 0 Å². The van der Waals surface area contributed by atoms with Gasteiger partial charge in [-0.05, 0) is 43.1 Å². The zero-order valence-electron chi connectivity index (χ0n) is 12.9. The number of aryl methyl sites for hydroxylation is 2. The minimum atomic E-state index is -0.215. The number of carbonyl (C=O) groups excluding carboxylic acids is 1. The average molecular weight is 346 g/mol. The molecule has 0 saturated carbocycles. The maximum atomic E-state index is 11.5. The van der Waals surface area contributed by atoms with Crippen LogP contribution in [0.3, 0.4) is 0 Å². The standard InChI is InChI=1S/C14H24BrN3O2/c1-6-11-14(15)12(18(7-2)16-11)8-17(10(3)4)9-13(19)20-5/h10H,6-9H2,1-5H3. The van der Waals surface area contributed by atoms with Crippen molar-refractivity contribution in [3.05, 3.63) is 15.9 Å². The Labute approximate surface area is 129 Å². The molecular weight excluding hydrogens is 322 g/mol. The summed E-state index contributed by atoms with van der Waals surface area (Å²) in [5.41, 5.74) is 2.17. The van der Waals surface area contributed by atoms with Gasteiger partial charge in [0.25, 0.3) is 0 Å². The highest BCUT2D eigenvalue weighted by molar-refractivity contribution is 9.10. The molecule has 0 saturated heterocycles. The second-order valence-corrected chi connectivity index (χ2v) is 5.74. The first-order valence-corrected chi connectivity index (χ1v) is 7.78. The summed E-state index contributed by atoms with van der Waals surface area (Å²) in [5.74, 6) is -0.215. The van der Waals surface area contributed by atoms with Gasteiger partial charge in [-0.25, -0.2) is 0 Å². The van der Waals surface area contributed by atoms with Crippen LogP contribution in [0.4, 0.5) is 0 Å². The zero-order valence-corrected chi connectivity index (χ0v) is 14.5. The number of nitrogens with zero attached hydrogens (tertiary/aromatic N) is 3. The van der Waals surface area contributed by atoms with Gasteiger partial charge in [0.1, 0.15) is 0 Å². The first kappa shape index (κ1) is 17.2. The molecule has 0 unspecified atom stereocenters. The highest BCUT2D eigenvalue weighted by Crippen LogP contribution is 2.24. The third-order valence-electron chi connectivity index (χ3n) is 3.34. The molecule has 0 aliphatic rings. The van der Waals surface area contributed by atoms with Gasteiger partial charge in [0.15, 0.2) is 0 Å². The van der Waals surface area contributed by atoms with Crippen molar-refractivity contribution < 1.29 is 9.53 Å². The van der Waals surface area contributed by atoms with E-state index in [2.05, 4.69) is 53.6 Å². The van der Waals surface area contributed by atoms with E-state index >= 15 is 0 Å². The van der Waals surface area contributed by atoms with Crippen LogP contribution in [-0.4, -0.2) is 40.3 Å². The third kappa shape index (κ3) is 4.06. The number of halogens is 1. The Morgan fingerprint density at radius 1 is 1.45 bits per heavy atom. The van der Waals surface area contributed by atoms with Crippen molar-refractivity contribution in [1.29, 1.82) is 0 Å². The molecule has 0 N–H and O–H groups in total. The van der Waals surface area contributed by atoms with Crippen LogP contribution in [0.5, 0.6) is 0 Å². The van der Waals surface area contributed by atoms with Crippen LogP contribution in [0.25, 0.3) is 0 Å². The molecule has 20 heavy (non-hydrogen) atoms. The number of esters is 1. The van der Waals surface area contributed by atoms with E-state index in [4.69, 9.17) is 4.74 Å². The Bertz CT molecular complexity index is 458. The number of rotatable bonds is 7. The van der Waals surface area contributed by atoms with Crippen LogP contribution in [0.1, 0.15) is 39.1 Å². The smallest absolute Gasteiger partial charge is 0.319 e. The van der Waals surface area contributed by atoms with Gasteiger partial charge in [-0.3, -0.25) is 14.4 Å². The Kier molecular flexibility index (Phi) is 6.68. The van der Waals surface area contributed by atoms with Crippen molar-refractivity contribution in [1.82, 2.24) is 14.7 Å². The van der Waals surface area contributed by atoms with Crippen LogP contribution in [0, 0.1) is 0 Å². The van der Waals surface area contributed by atoms with Gasteiger partial charge in [-0.2, -0.15) is 5.10 Å². The van der Waals surface area contributed by atoms with Crippen molar-refractivity contribution in [2.24, 2.45) is 0 Å². The normalized spacial score (nSPS) is 11.4. The fraction of sp³-hybridized carbons (Fsp3) is 0.714. The van der Waals surface area contributed by atoms with Crippen LogP contribution >= 0.6 is 15.9 Å². The second-order valence-electron chi connectivity index (χ2n) is 4.95. The lowest BCUT2D eigenvalue weighted by Gasteiger charge is -2.25. The Hall–Kier alpha value is -0.880. The molecule has 0 aliphatic heterocycles. The molecule has 0 fully saturated rings. The molecule has 1 rings (SSSR count). The van der Waals surface area contributed by atoms with E-state index in [0.717, 1.165) is 28.8 Å². The van der Waals surface area contributed by atoms with Crippen molar-refractivity contribution in [2.45, 2.75) is 53.2 Å². The number of hydrogen-bond donors (Lipinski definition) is 0. The lowest BCUT2D eigenvalue weighted by molar-refractivity contribution is -0.142. The number of aromatic nitrogens is 2. The topological polar surface area (TPSA) is 47.4 Å². The molecule has 0 amide bonds. The SMILES string of the molecule is CCc1nn(CC)c(CN(CC(=O)OC)C(C)C)c1Br. The summed E-state index contributed by atoms with van der Waals surface area (Å²) in [4.78, 5) is 13.6. The summed E-state index contributed by atoms with van der Waals surface area (Å²) in [6, 6.07) is 0.256. The molecule has 0 spiro atoms. The Balaban J connectivity index is 2.98. The molecule has 6 heteroatoms. The summed E-state index contributed by atoms with van der Waals surface area (Å²) in [6.07, 6.45) is 0.888. The minimum absolute atomic E-state index is 0.215. The monoisotopic (exact) mass is 345 g/mol. The van der Waals surface area contributed by atoms with Crippen LogP contribution < -0.4 is 0 Å². The molecule has 0 atom stereocenters. The number of hydrogen-bond acceptors (Lipinski definition) is 4. The van der Waals surface area contributed by atoms with E-state index in [-0.39, 0.29) is 18.6 Å². The van der Waals surface area contributed by atoms with Crippen molar-refractivity contribution >= 4 is 21.9 Å². The van der Waals surface area contributed by atoms with Gasteiger partial charge >= 0.3 is 5.97 Å². The number of methoxy groups -OCH3 is 1. The highest BCUT2D eigenvalue weighted by Gasteiger charge is 2.20. The van der Waals surface area contributed by atoms with E-state index < -0.39 is 0 Å². The molecule has 0 aromatic carbocycles. The van der Waals surface area contributed by atoms with Crippen LogP contribution in [0.15, 0.2) is 4.47 Å². The summed E-state index contributed by atoms with van der Waals surface area (Å²) >= 11 is 3.64. The predicted octanol–water partition coefficient (Wildman–Crippen LogP) is 2.61. The van der Waals surface area contributed by atoms with Crippen LogP contribution in [0.2, 0.25) is 0 Å². The van der Waals surface area contributed by atoms with E-state index in [1.165, 1.54) is 7.11 Å². The summed E-state index contributed by atoms with van der Waals surface area (Å²) in [5, 5.41) is 4.59. The molecule has 1 aromatic heterocycles. The summed E-state index contributed by atoms with van der Waals surface area (Å²) in [6.45, 7) is 10.1. The van der Waals surface area contributed by atoms with E-state index in [1.807, 2.05) is 4.68 Å². The lowest BCUT2D eigenvalue weighted by atomic mass is 10.2. The molecule has 1 aromatic rings. The third-order valence-corrected chi connectivity index (χ3v) is 4.25. The van der Waals surface area contributed by atoms with Gasteiger partial charge in [-0.1, -0.05) is 6.92 Å². The van der Waals surface area contributed by atoms with Gasteiger partial charge in [-0.15, -0.1) is 0 Å². The molecule has 1 heterocycles. The fourth-order valence-corrected chi connectivity index (χ4v) is 2.70. The predicted molar refractivity (Wildman–Crippen MR) is 82.5 cm³/mol. The van der Waals surface area contributed by atoms with Gasteiger partial charge in [0, 0.05) is 19.1 Å². The second kappa shape index (κ2) is 7.78. The Morgan fingerprint density at radius 3 is 2.55 bits per heavy atom. The van der Waals surface area contributed by atoms with Crippen LogP contribution in [-0.2, 0) is 29.0 Å². The van der Waals surface area contributed by atoms with Gasteiger partial charge in [0.2, 0.25) is 0 Å². The van der Waals surface area contributed by atoms with Gasteiger partial charge < -0.3 is 4.74 Å². The van der Waals surface area contributed by atoms with Crippen molar-refractivity contribution in [3.63, 3.8) is 0 Å².